The van der Waals surface area contributed by atoms with Gasteiger partial charge in [0.1, 0.15) is 5.02 Å². The smallest absolute Gasteiger partial charge is 0.261 e. The lowest BCUT2D eigenvalue weighted by Crippen LogP contribution is -2.48. The van der Waals surface area contributed by atoms with Crippen molar-refractivity contribution in [1.29, 1.82) is 0 Å². The summed E-state index contributed by atoms with van der Waals surface area (Å²) in [5.41, 5.74) is 0.873. The molecule has 3 rings (SSSR count). The van der Waals surface area contributed by atoms with Gasteiger partial charge in [0.05, 0.1) is 11.9 Å². The summed E-state index contributed by atoms with van der Waals surface area (Å²) in [4.78, 5) is 14.8. The van der Waals surface area contributed by atoms with Crippen LogP contribution in [0.3, 0.4) is 0 Å². The molecular weight excluding hydrogens is 364 g/mol. The zero-order chi connectivity index (χ0) is 19.2. The summed E-state index contributed by atoms with van der Waals surface area (Å²) >= 11 is 6.23. The SMILES string of the molecule is C=CCN1CCC(NC(=O)[C@@H](C)Oc2nn(-c3ccccc3)cc2Cl)CC1. The lowest BCUT2D eigenvalue weighted by atomic mass is 10.0. The molecule has 6 nitrogen and oxygen atoms in total. The second-order valence-electron chi connectivity index (χ2n) is 6.69. The number of likely N-dealkylation sites (tertiary alicyclic amines) is 1. The number of nitrogens with one attached hydrogen (secondary N) is 1. The van der Waals surface area contributed by atoms with Gasteiger partial charge < -0.3 is 10.1 Å². The van der Waals surface area contributed by atoms with E-state index in [1.807, 2.05) is 36.4 Å². The number of carbonyl (C=O) groups is 1. The molecule has 1 aromatic heterocycles. The normalized spacial score (nSPS) is 16.7. The van der Waals surface area contributed by atoms with E-state index in [0.717, 1.165) is 38.2 Å². The minimum absolute atomic E-state index is 0.150. The van der Waals surface area contributed by atoms with E-state index in [4.69, 9.17) is 16.3 Å². The Morgan fingerprint density at radius 1 is 1.41 bits per heavy atom. The molecule has 1 atom stereocenters. The summed E-state index contributed by atoms with van der Waals surface area (Å²) in [6.07, 6.45) is 4.76. The van der Waals surface area contributed by atoms with E-state index in [0.29, 0.717) is 5.02 Å². The highest BCUT2D eigenvalue weighted by atomic mass is 35.5. The summed E-state index contributed by atoms with van der Waals surface area (Å²) in [7, 11) is 0. The van der Waals surface area contributed by atoms with E-state index in [-0.39, 0.29) is 17.8 Å². The maximum atomic E-state index is 12.5. The average Bonchev–Trinajstić information content (AvgIpc) is 3.04. The second kappa shape index (κ2) is 9.06. The third-order valence-corrected chi connectivity index (χ3v) is 4.90. The van der Waals surface area contributed by atoms with E-state index < -0.39 is 6.10 Å². The van der Waals surface area contributed by atoms with Crippen molar-refractivity contribution in [3.05, 3.63) is 54.2 Å². The van der Waals surface area contributed by atoms with Crippen molar-refractivity contribution in [3.8, 4) is 11.6 Å². The Kier molecular flexibility index (Phi) is 6.53. The van der Waals surface area contributed by atoms with Gasteiger partial charge in [0.2, 0.25) is 0 Å². The van der Waals surface area contributed by atoms with Gasteiger partial charge in [-0.25, -0.2) is 4.68 Å². The lowest BCUT2D eigenvalue weighted by molar-refractivity contribution is -0.128. The van der Waals surface area contributed by atoms with Crippen LogP contribution in [0.5, 0.6) is 5.88 Å². The van der Waals surface area contributed by atoms with Gasteiger partial charge in [-0.1, -0.05) is 35.9 Å². The highest BCUT2D eigenvalue weighted by molar-refractivity contribution is 6.31. The summed E-state index contributed by atoms with van der Waals surface area (Å²) in [5.74, 6) is 0.103. The van der Waals surface area contributed by atoms with E-state index in [2.05, 4.69) is 21.9 Å². The number of para-hydroxylation sites is 1. The Labute approximate surface area is 164 Å². The highest BCUT2D eigenvalue weighted by Crippen LogP contribution is 2.25. The number of aromatic nitrogens is 2. The molecule has 1 amide bonds. The molecule has 0 saturated carbocycles. The van der Waals surface area contributed by atoms with Crippen molar-refractivity contribution in [1.82, 2.24) is 20.0 Å². The van der Waals surface area contributed by atoms with Crippen LogP contribution >= 0.6 is 11.6 Å². The Bertz CT molecular complexity index is 770. The fourth-order valence-electron chi connectivity index (χ4n) is 3.11. The highest BCUT2D eigenvalue weighted by Gasteiger charge is 2.24. The molecule has 2 heterocycles. The van der Waals surface area contributed by atoms with Gasteiger partial charge in [-0.3, -0.25) is 9.69 Å². The van der Waals surface area contributed by atoms with Crippen LogP contribution in [0.1, 0.15) is 19.8 Å². The molecule has 0 unspecified atom stereocenters. The number of hydrogen-bond acceptors (Lipinski definition) is 4. The molecule has 0 radical (unpaired) electrons. The third-order valence-electron chi connectivity index (χ3n) is 4.64. The van der Waals surface area contributed by atoms with Crippen LogP contribution in [0, 0.1) is 0 Å². The van der Waals surface area contributed by atoms with Crippen LogP contribution < -0.4 is 10.1 Å². The molecule has 27 heavy (non-hydrogen) atoms. The van der Waals surface area contributed by atoms with E-state index in [1.165, 1.54) is 0 Å². The first kappa shape index (κ1) is 19.5. The number of halogens is 1. The van der Waals surface area contributed by atoms with Crippen LogP contribution in [0.15, 0.2) is 49.2 Å². The molecule has 1 aliphatic heterocycles. The minimum Gasteiger partial charge on any atom is -0.462 e. The Hall–Kier alpha value is -2.31. The largest absolute Gasteiger partial charge is 0.462 e. The maximum absolute atomic E-state index is 12.5. The van der Waals surface area contributed by atoms with Crippen LogP contribution in [-0.2, 0) is 4.79 Å². The number of rotatable bonds is 7. The van der Waals surface area contributed by atoms with Crippen LogP contribution in [0.4, 0.5) is 0 Å². The standard InChI is InChI=1S/C20H25ClN4O2/c1-3-11-24-12-9-16(10-13-24)22-19(26)15(2)27-20-18(21)14-25(23-20)17-7-5-4-6-8-17/h3-8,14-16H,1,9-13H2,2H3,(H,22,26)/t15-/m1/s1. The van der Waals surface area contributed by atoms with Gasteiger partial charge in [0.15, 0.2) is 6.10 Å². The van der Waals surface area contributed by atoms with E-state index >= 15 is 0 Å². The molecule has 144 valence electrons. The second-order valence-corrected chi connectivity index (χ2v) is 7.10. The first-order chi connectivity index (χ1) is 13.1. The van der Waals surface area contributed by atoms with Gasteiger partial charge in [0, 0.05) is 25.7 Å². The first-order valence-corrected chi connectivity index (χ1v) is 9.55. The number of benzene rings is 1. The van der Waals surface area contributed by atoms with Crippen molar-refractivity contribution < 1.29 is 9.53 Å². The lowest BCUT2D eigenvalue weighted by Gasteiger charge is -2.32. The predicted molar refractivity (Wildman–Crippen MR) is 106 cm³/mol. The molecule has 0 bridgehead atoms. The quantitative estimate of drug-likeness (QED) is 0.740. The molecule has 1 aliphatic rings. The van der Waals surface area contributed by atoms with Crippen LogP contribution in [-0.4, -0.2) is 52.4 Å². The Balaban J connectivity index is 1.54. The van der Waals surface area contributed by atoms with Crippen molar-refractivity contribution >= 4 is 17.5 Å². The Morgan fingerprint density at radius 3 is 2.78 bits per heavy atom. The monoisotopic (exact) mass is 388 g/mol. The average molecular weight is 389 g/mol. The van der Waals surface area contributed by atoms with Crippen molar-refractivity contribution in [3.63, 3.8) is 0 Å². The Morgan fingerprint density at radius 2 is 2.11 bits per heavy atom. The van der Waals surface area contributed by atoms with Gasteiger partial charge in [-0.15, -0.1) is 11.7 Å². The molecule has 0 spiro atoms. The molecular formula is C20H25ClN4O2. The molecule has 1 saturated heterocycles. The summed E-state index contributed by atoms with van der Waals surface area (Å²) in [6.45, 7) is 8.28. The van der Waals surface area contributed by atoms with Crippen LogP contribution in [0.25, 0.3) is 5.69 Å². The zero-order valence-corrected chi connectivity index (χ0v) is 16.2. The number of nitrogens with zero attached hydrogens (tertiary/aromatic N) is 3. The number of hydrogen-bond donors (Lipinski definition) is 1. The van der Waals surface area contributed by atoms with Gasteiger partial charge in [-0.2, -0.15) is 0 Å². The predicted octanol–water partition coefficient (Wildman–Crippen LogP) is 3.06. The van der Waals surface area contributed by atoms with E-state index in [1.54, 1.807) is 17.8 Å². The van der Waals surface area contributed by atoms with Gasteiger partial charge >= 0.3 is 0 Å². The van der Waals surface area contributed by atoms with Crippen LogP contribution in [0.2, 0.25) is 5.02 Å². The molecule has 1 N–H and O–H groups in total. The van der Waals surface area contributed by atoms with Gasteiger partial charge in [0.25, 0.3) is 11.8 Å². The summed E-state index contributed by atoms with van der Waals surface area (Å²) in [6, 6.07) is 9.77. The van der Waals surface area contributed by atoms with Crippen molar-refractivity contribution in [2.75, 3.05) is 19.6 Å². The zero-order valence-electron chi connectivity index (χ0n) is 15.5. The molecule has 2 aromatic rings. The van der Waals surface area contributed by atoms with Gasteiger partial charge in [-0.05, 0) is 31.9 Å². The number of carbonyl (C=O) groups excluding carboxylic acids is 1. The fraction of sp³-hybridized carbons (Fsp3) is 0.400. The molecule has 1 aromatic carbocycles. The fourth-order valence-corrected chi connectivity index (χ4v) is 3.29. The van der Waals surface area contributed by atoms with E-state index in [9.17, 15) is 4.79 Å². The summed E-state index contributed by atoms with van der Waals surface area (Å²) < 4.78 is 7.35. The molecule has 0 aliphatic carbocycles. The summed E-state index contributed by atoms with van der Waals surface area (Å²) in [5, 5.41) is 7.78. The number of piperidine rings is 1. The third kappa shape index (κ3) is 5.11. The van der Waals surface area contributed by atoms with Crippen molar-refractivity contribution in [2.45, 2.75) is 31.9 Å². The number of amides is 1. The first-order valence-electron chi connectivity index (χ1n) is 9.17. The number of ether oxygens (including phenoxy) is 1. The van der Waals surface area contributed by atoms with Crippen molar-refractivity contribution in [2.24, 2.45) is 0 Å². The topological polar surface area (TPSA) is 59.4 Å². The molecule has 7 heteroatoms. The molecule has 1 fully saturated rings. The minimum atomic E-state index is -0.673. The maximum Gasteiger partial charge on any atom is 0.261 e.